The molecule has 0 aliphatic rings. The number of nitrogens with zero attached hydrogens (tertiary/aromatic N) is 2. The van der Waals surface area contributed by atoms with Crippen molar-refractivity contribution in [2.45, 2.75) is 25.9 Å². The molecule has 22 heavy (non-hydrogen) atoms. The van der Waals surface area contributed by atoms with Crippen molar-refractivity contribution >= 4 is 11.0 Å². The van der Waals surface area contributed by atoms with Crippen LogP contribution in [0.5, 0.6) is 0 Å². The number of hydrogen-bond donors (Lipinski definition) is 1. The second-order valence-corrected chi connectivity index (χ2v) is 5.10. The largest absolute Gasteiger partial charge is 0.416 e. The first kappa shape index (κ1) is 14.6. The van der Waals surface area contributed by atoms with Gasteiger partial charge in [-0.25, -0.2) is 4.98 Å². The number of H-pyrrole nitrogens is 1. The number of benzene rings is 1. The molecule has 0 saturated carbocycles. The molecule has 0 amide bonds. The highest BCUT2D eigenvalue weighted by Gasteiger charge is 2.30. The van der Waals surface area contributed by atoms with E-state index >= 15 is 0 Å². The molecule has 1 aromatic carbocycles. The standard InChI is InChI=1S/C16H14F3N3/c1-2-4-15-21-13-8-12(20-9-14(13)22-15)10-5-3-6-11(7-10)16(17,18)19/h3,5-9H,2,4H2,1H3,(H,21,22). The van der Waals surface area contributed by atoms with Gasteiger partial charge in [0.15, 0.2) is 0 Å². The second-order valence-electron chi connectivity index (χ2n) is 5.10. The number of pyridine rings is 1. The monoisotopic (exact) mass is 305 g/mol. The summed E-state index contributed by atoms with van der Waals surface area (Å²) in [5.74, 6) is 0.862. The maximum Gasteiger partial charge on any atom is 0.416 e. The fourth-order valence-corrected chi connectivity index (χ4v) is 2.33. The molecule has 3 aromatic rings. The normalized spacial score (nSPS) is 12.0. The summed E-state index contributed by atoms with van der Waals surface area (Å²) in [6.07, 6.45) is -0.959. The van der Waals surface area contributed by atoms with Gasteiger partial charge in [-0.2, -0.15) is 13.2 Å². The van der Waals surface area contributed by atoms with Crippen molar-refractivity contribution < 1.29 is 13.2 Å². The van der Waals surface area contributed by atoms with Crippen LogP contribution in [0.3, 0.4) is 0 Å². The van der Waals surface area contributed by atoms with Gasteiger partial charge in [0.1, 0.15) is 5.82 Å². The SMILES string of the molecule is CCCc1nc2cc(-c3cccc(C(F)(F)F)c3)ncc2[nH]1. The molecule has 114 valence electrons. The fraction of sp³-hybridized carbons (Fsp3) is 0.250. The van der Waals surface area contributed by atoms with Crippen LogP contribution in [0.2, 0.25) is 0 Å². The van der Waals surface area contributed by atoms with Gasteiger partial charge in [-0.15, -0.1) is 0 Å². The summed E-state index contributed by atoms with van der Waals surface area (Å²) in [5.41, 5.74) is 1.73. The van der Waals surface area contributed by atoms with Crippen molar-refractivity contribution in [3.8, 4) is 11.3 Å². The van der Waals surface area contributed by atoms with Crippen LogP contribution in [0.25, 0.3) is 22.3 Å². The number of aromatic nitrogens is 3. The van der Waals surface area contributed by atoms with Gasteiger partial charge in [0.25, 0.3) is 0 Å². The van der Waals surface area contributed by atoms with Crippen LogP contribution >= 0.6 is 0 Å². The zero-order valence-corrected chi connectivity index (χ0v) is 11.9. The number of nitrogens with one attached hydrogen (secondary N) is 1. The molecule has 0 unspecified atom stereocenters. The minimum absolute atomic E-state index is 0.428. The molecule has 3 nitrogen and oxygen atoms in total. The lowest BCUT2D eigenvalue weighted by Gasteiger charge is -2.08. The highest BCUT2D eigenvalue weighted by atomic mass is 19.4. The first-order valence-corrected chi connectivity index (χ1v) is 6.99. The Morgan fingerprint density at radius 3 is 2.73 bits per heavy atom. The van der Waals surface area contributed by atoms with Gasteiger partial charge >= 0.3 is 6.18 Å². The minimum atomic E-state index is -4.36. The molecule has 2 aromatic heterocycles. The van der Waals surface area contributed by atoms with Crippen molar-refractivity contribution in [1.29, 1.82) is 0 Å². The Labute approximate surface area is 125 Å². The maximum absolute atomic E-state index is 12.8. The summed E-state index contributed by atoms with van der Waals surface area (Å²) in [6.45, 7) is 2.06. The van der Waals surface area contributed by atoms with Crippen molar-refractivity contribution in [3.63, 3.8) is 0 Å². The zero-order valence-electron chi connectivity index (χ0n) is 11.9. The van der Waals surface area contributed by atoms with Crippen LogP contribution in [-0.2, 0) is 12.6 Å². The van der Waals surface area contributed by atoms with Gasteiger partial charge in [-0.3, -0.25) is 4.98 Å². The molecule has 0 radical (unpaired) electrons. The van der Waals surface area contributed by atoms with E-state index in [0.717, 1.165) is 36.3 Å². The lowest BCUT2D eigenvalue weighted by atomic mass is 10.1. The van der Waals surface area contributed by atoms with Crippen molar-refractivity contribution in [3.05, 3.63) is 47.9 Å². The van der Waals surface area contributed by atoms with E-state index in [9.17, 15) is 13.2 Å². The van der Waals surface area contributed by atoms with Crippen molar-refractivity contribution in [2.75, 3.05) is 0 Å². The van der Waals surface area contributed by atoms with E-state index in [2.05, 4.69) is 21.9 Å². The molecule has 0 saturated heterocycles. The van der Waals surface area contributed by atoms with Gasteiger partial charge < -0.3 is 4.98 Å². The van der Waals surface area contributed by atoms with Crippen LogP contribution in [0.4, 0.5) is 13.2 Å². The molecule has 0 spiro atoms. The first-order chi connectivity index (χ1) is 10.5. The van der Waals surface area contributed by atoms with E-state index in [1.807, 2.05) is 0 Å². The molecule has 6 heteroatoms. The lowest BCUT2D eigenvalue weighted by Crippen LogP contribution is -2.04. The number of aryl methyl sites for hydroxylation is 1. The van der Waals surface area contributed by atoms with Crippen LogP contribution < -0.4 is 0 Å². The smallest absolute Gasteiger partial charge is 0.341 e. The fourth-order valence-electron chi connectivity index (χ4n) is 2.33. The number of fused-ring (bicyclic) bond motifs is 1. The Bertz CT molecular complexity index is 806. The van der Waals surface area contributed by atoms with Crippen LogP contribution in [0, 0.1) is 0 Å². The lowest BCUT2D eigenvalue weighted by molar-refractivity contribution is -0.137. The quantitative estimate of drug-likeness (QED) is 0.768. The Kier molecular flexibility index (Phi) is 3.60. The molecule has 0 atom stereocenters. The second kappa shape index (κ2) is 5.44. The number of imidazole rings is 1. The molecule has 0 bridgehead atoms. The molecule has 0 aliphatic heterocycles. The van der Waals surface area contributed by atoms with Gasteiger partial charge in [-0.1, -0.05) is 19.1 Å². The van der Waals surface area contributed by atoms with Gasteiger partial charge in [-0.05, 0) is 24.6 Å². The Balaban J connectivity index is 2.03. The number of aromatic amines is 1. The molecular formula is C16H14F3N3. The average molecular weight is 305 g/mol. The van der Waals surface area contributed by atoms with Crippen molar-refractivity contribution in [1.82, 2.24) is 15.0 Å². The van der Waals surface area contributed by atoms with Gasteiger partial charge in [0.2, 0.25) is 0 Å². The summed E-state index contributed by atoms with van der Waals surface area (Å²) < 4.78 is 38.4. The van der Waals surface area contributed by atoms with E-state index in [1.165, 1.54) is 6.07 Å². The van der Waals surface area contributed by atoms with E-state index in [4.69, 9.17) is 0 Å². The average Bonchev–Trinajstić information content (AvgIpc) is 2.88. The summed E-state index contributed by atoms with van der Waals surface area (Å²) in [7, 11) is 0. The predicted molar refractivity (Wildman–Crippen MR) is 78.3 cm³/mol. The first-order valence-electron chi connectivity index (χ1n) is 6.99. The minimum Gasteiger partial charge on any atom is -0.341 e. The van der Waals surface area contributed by atoms with E-state index in [-0.39, 0.29) is 0 Å². The molecule has 1 N–H and O–H groups in total. The van der Waals surface area contributed by atoms with Crippen LogP contribution in [-0.4, -0.2) is 15.0 Å². The highest BCUT2D eigenvalue weighted by molar-refractivity contribution is 5.79. The third kappa shape index (κ3) is 2.81. The Morgan fingerprint density at radius 1 is 1.18 bits per heavy atom. The summed E-state index contributed by atoms with van der Waals surface area (Å²) in [5, 5.41) is 0. The summed E-state index contributed by atoms with van der Waals surface area (Å²) in [6, 6.07) is 6.87. The number of alkyl halides is 3. The highest BCUT2D eigenvalue weighted by Crippen LogP contribution is 2.32. The van der Waals surface area contributed by atoms with Gasteiger partial charge in [0.05, 0.1) is 28.5 Å². The third-order valence-electron chi connectivity index (χ3n) is 3.39. The van der Waals surface area contributed by atoms with E-state index in [1.54, 1.807) is 18.3 Å². The molecular weight excluding hydrogens is 291 g/mol. The topological polar surface area (TPSA) is 41.6 Å². The van der Waals surface area contributed by atoms with Crippen molar-refractivity contribution in [2.24, 2.45) is 0 Å². The Morgan fingerprint density at radius 2 is 2.00 bits per heavy atom. The molecule has 0 aliphatic carbocycles. The summed E-state index contributed by atoms with van der Waals surface area (Å²) in [4.78, 5) is 11.8. The third-order valence-corrected chi connectivity index (χ3v) is 3.39. The zero-order chi connectivity index (χ0) is 15.7. The summed E-state index contributed by atoms with van der Waals surface area (Å²) >= 11 is 0. The number of halogens is 3. The van der Waals surface area contributed by atoms with Crippen LogP contribution in [0.1, 0.15) is 24.7 Å². The predicted octanol–water partition coefficient (Wildman–Crippen LogP) is 4.60. The van der Waals surface area contributed by atoms with Crippen LogP contribution in [0.15, 0.2) is 36.5 Å². The van der Waals surface area contributed by atoms with Gasteiger partial charge in [0, 0.05) is 12.0 Å². The molecule has 0 fully saturated rings. The molecule has 3 rings (SSSR count). The maximum atomic E-state index is 12.8. The Hall–Kier alpha value is -2.37. The number of rotatable bonds is 3. The number of hydrogen-bond acceptors (Lipinski definition) is 2. The van der Waals surface area contributed by atoms with E-state index in [0.29, 0.717) is 16.8 Å². The van der Waals surface area contributed by atoms with E-state index < -0.39 is 11.7 Å². The molecule has 2 heterocycles.